The van der Waals surface area contributed by atoms with Crippen LogP contribution in [0.2, 0.25) is 0 Å². The number of carboxylic acids is 1. The zero-order valence-electron chi connectivity index (χ0n) is 15.4. The number of hydrogen-bond acceptors (Lipinski definition) is 3. The van der Waals surface area contributed by atoms with E-state index in [-0.39, 0.29) is 30.8 Å². The maximum absolute atomic E-state index is 13.0. The molecule has 3 atom stereocenters. The van der Waals surface area contributed by atoms with E-state index in [4.69, 9.17) is 0 Å². The van der Waals surface area contributed by atoms with Gasteiger partial charge in [0.1, 0.15) is 0 Å². The van der Waals surface area contributed by atoms with Gasteiger partial charge in [0.25, 0.3) is 0 Å². The van der Waals surface area contributed by atoms with Gasteiger partial charge in [0.15, 0.2) is 0 Å². The Morgan fingerprint density at radius 2 is 1.88 bits per heavy atom. The number of aryl methyl sites for hydroxylation is 1. The molecule has 0 spiro atoms. The van der Waals surface area contributed by atoms with Crippen LogP contribution in [0.5, 0.6) is 0 Å². The van der Waals surface area contributed by atoms with Crippen molar-refractivity contribution < 1.29 is 19.5 Å². The molecule has 2 fully saturated rings. The lowest BCUT2D eigenvalue weighted by Crippen LogP contribution is -2.49. The lowest BCUT2D eigenvalue weighted by Gasteiger charge is -2.37. The Labute approximate surface area is 153 Å². The molecule has 2 saturated heterocycles. The van der Waals surface area contributed by atoms with Crippen LogP contribution in [0.3, 0.4) is 0 Å². The molecule has 3 rings (SSSR count). The smallest absolute Gasteiger partial charge is 0.308 e. The van der Waals surface area contributed by atoms with Gasteiger partial charge < -0.3 is 14.9 Å². The van der Waals surface area contributed by atoms with E-state index in [2.05, 4.69) is 0 Å². The Hall–Kier alpha value is -2.37. The molecule has 140 valence electrons. The fourth-order valence-corrected chi connectivity index (χ4v) is 4.03. The van der Waals surface area contributed by atoms with E-state index in [9.17, 15) is 19.5 Å². The van der Waals surface area contributed by atoms with Gasteiger partial charge in [0, 0.05) is 31.2 Å². The Morgan fingerprint density at radius 1 is 1.15 bits per heavy atom. The van der Waals surface area contributed by atoms with Crippen molar-refractivity contribution in [3.63, 3.8) is 0 Å². The Balaban J connectivity index is 1.75. The van der Waals surface area contributed by atoms with Gasteiger partial charge in [-0.15, -0.1) is 0 Å². The van der Waals surface area contributed by atoms with Crippen LogP contribution in [0.1, 0.15) is 38.7 Å². The first kappa shape index (κ1) is 18.4. The molecule has 0 aromatic heterocycles. The summed E-state index contributed by atoms with van der Waals surface area (Å²) >= 11 is 0. The molecule has 2 amide bonds. The number of piperidine rings is 1. The highest BCUT2D eigenvalue weighted by Crippen LogP contribution is 2.31. The Morgan fingerprint density at radius 3 is 2.58 bits per heavy atom. The molecule has 1 aromatic carbocycles. The molecule has 2 aliphatic rings. The molecule has 1 aromatic rings. The highest BCUT2D eigenvalue weighted by atomic mass is 16.4. The van der Waals surface area contributed by atoms with Gasteiger partial charge in [-0.05, 0) is 37.8 Å². The van der Waals surface area contributed by atoms with Crippen LogP contribution >= 0.6 is 0 Å². The van der Waals surface area contributed by atoms with Crippen molar-refractivity contribution in [2.75, 3.05) is 18.0 Å². The normalized spacial score (nSPS) is 26.2. The number of benzene rings is 1. The van der Waals surface area contributed by atoms with Gasteiger partial charge in [0.05, 0.1) is 11.8 Å². The second kappa shape index (κ2) is 7.48. The molecular weight excluding hydrogens is 332 g/mol. The van der Waals surface area contributed by atoms with Crippen molar-refractivity contribution in [2.45, 2.75) is 45.6 Å². The molecular formula is C20H26N2O4. The maximum atomic E-state index is 13.0. The molecule has 2 heterocycles. The maximum Gasteiger partial charge on any atom is 0.308 e. The highest BCUT2D eigenvalue weighted by molar-refractivity contribution is 6.01. The Kier molecular flexibility index (Phi) is 5.30. The number of nitrogens with zero attached hydrogens (tertiary/aromatic N) is 2. The Bertz CT molecular complexity index is 718. The quantitative estimate of drug-likeness (QED) is 0.896. The molecule has 0 radical (unpaired) electrons. The summed E-state index contributed by atoms with van der Waals surface area (Å²) in [5.74, 6) is -1.89. The molecule has 3 unspecified atom stereocenters. The molecule has 6 heteroatoms. The lowest BCUT2D eigenvalue weighted by molar-refractivity contribution is -0.148. The summed E-state index contributed by atoms with van der Waals surface area (Å²) in [6.45, 7) is 4.61. The summed E-state index contributed by atoms with van der Waals surface area (Å²) in [6, 6.07) is 7.80. The first-order valence-electron chi connectivity index (χ1n) is 9.33. The average Bonchev–Trinajstić information content (AvgIpc) is 3.02. The summed E-state index contributed by atoms with van der Waals surface area (Å²) in [5.41, 5.74) is 1.97. The number of amides is 2. The fourth-order valence-electron chi connectivity index (χ4n) is 4.03. The van der Waals surface area contributed by atoms with Gasteiger partial charge >= 0.3 is 5.97 Å². The number of carboxylic acid groups (broad SMARTS) is 1. The number of anilines is 1. The van der Waals surface area contributed by atoms with Crippen LogP contribution in [0.15, 0.2) is 24.3 Å². The molecule has 6 nitrogen and oxygen atoms in total. The van der Waals surface area contributed by atoms with Gasteiger partial charge in [-0.2, -0.15) is 0 Å². The second-order valence-electron chi connectivity index (χ2n) is 7.34. The first-order valence-corrected chi connectivity index (χ1v) is 9.33. The summed E-state index contributed by atoms with van der Waals surface area (Å²) in [6.07, 6.45) is 2.30. The van der Waals surface area contributed by atoms with E-state index in [1.54, 1.807) is 9.80 Å². The van der Waals surface area contributed by atoms with Crippen molar-refractivity contribution in [1.29, 1.82) is 0 Å². The third kappa shape index (κ3) is 3.45. The number of hydrogen-bond donors (Lipinski definition) is 1. The summed E-state index contributed by atoms with van der Waals surface area (Å²) in [4.78, 5) is 40.3. The third-order valence-electron chi connectivity index (χ3n) is 5.65. The monoisotopic (exact) mass is 358 g/mol. The van der Waals surface area contributed by atoms with Crippen LogP contribution in [0, 0.1) is 11.8 Å². The lowest BCUT2D eigenvalue weighted by atomic mass is 9.92. The minimum atomic E-state index is -0.851. The van der Waals surface area contributed by atoms with Crippen molar-refractivity contribution in [3.05, 3.63) is 29.8 Å². The van der Waals surface area contributed by atoms with Gasteiger partial charge in [-0.1, -0.05) is 25.1 Å². The van der Waals surface area contributed by atoms with Crippen molar-refractivity contribution in [2.24, 2.45) is 11.8 Å². The summed E-state index contributed by atoms with van der Waals surface area (Å²) < 4.78 is 0. The highest BCUT2D eigenvalue weighted by Gasteiger charge is 2.41. The number of para-hydroxylation sites is 1. The van der Waals surface area contributed by atoms with Crippen LogP contribution in [-0.2, 0) is 20.8 Å². The first-order chi connectivity index (χ1) is 12.4. The van der Waals surface area contributed by atoms with E-state index in [1.807, 2.05) is 38.1 Å². The zero-order chi connectivity index (χ0) is 18.8. The molecule has 2 aliphatic heterocycles. The van der Waals surface area contributed by atoms with Crippen molar-refractivity contribution in [1.82, 2.24) is 4.90 Å². The van der Waals surface area contributed by atoms with Crippen LogP contribution < -0.4 is 4.90 Å². The number of rotatable bonds is 4. The minimum absolute atomic E-state index is 0.0187. The average molecular weight is 358 g/mol. The second-order valence-corrected chi connectivity index (χ2v) is 7.34. The van der Waals surface area contributed by atoms with Crippen molar-refractivity contribution >= 4 is 23.5 Å². The number of carbonyl (C=O) groups excluding carboxylic acids is 2. The van der Waals surface area contributed by atoms with E-state index >= 15 is 0 Å². The van der Waals surface area contributed by atoms with E-state index in [0.29, 0.717) is 19.4 Å². The topological polar surface area (TPSA) is 77.9 Å². The minimum Gasteiger partial charge on any atom is -0.481 e. The molecule has 0 aliphatic carbocycles. The van der Waals surface area contributed by atoms with E-state index in [0.717, 1.165) is 17.7 Å². The fraction of sp³-hybridized carbons (Fsp3) is 0.550. The number of aliphatic carboxylic acids is 1. The summed E-state index contributed by atoms with van der Waals surface area (Å²) in [7, 11) is 0. The number of carbonyl (C=O) groups is 3. The van der Waals surface area contributed by atoms with E-state index < -0.39 is 17.8 Å². The van der Waals surface area contributed by atoms with Crippen LogP contribution in [-0.4, -0.2) is 46.9 Å². The van der Waals surface area contributed by atoms with E-state index in [1.165, 1.54) is 0 Å². The standard InChI is InChI=1S/C20H26N2O4/c1-3-14-6-4-5-7-17(14)22-12-16(10-18(22)23)19(24)21-11-15(20(25)26)9-8-13(21)2/h4-7,13,15-16H,3,8-12H2,1-2H3,(H,25,26). The zero-order valence-corrected chi connectivity index (χ0v) is 15.4. The number of likely N-dealkylation sites (tertiary alicyclic amines) is 1. The molecule has 26 heavy (non-hydrogen) atoms. The van der Waals surface area contributed by atoms with Gasteiger partial charge in [0.2, 0.25) is 11.8 Å². The van der Waals surface area contributed by atoms with Gasteiger partial charge in [-0.3, -0.25) is 14.4 Å². The van der Waals surface area contributed by atoms with Gasteiger partial charge in [-0.25, -0.2) is 0 Å². The van der Waals surface area contributed by atoms with Crippen molar-refractivity contribution in [3.8, 4) is 0 Å². The predicted molar refractivity (Wildman–Crippen MR) is 97.8 cm³/mol. The third-order valence-corrected chi connectivity index (χ3v) is 5.65. The molecule has 0 bridgehead atoms. The molecule has 0 saturated carbocycles. The largest absolute Gasteiger partial charge is 0.481 e. The van der Waals surface area contributed by atoms with Crippen LogP contribution in [0.25, 0.3) is 0 Å². The van der Waals surface area contributed by atoms with Crippen LogP contribution in [0.4, 0.5) is 5.69 Å². The predicted octanol–water partition coefficient (Wildman–Crippen LogP) is 2.31. The SMILES string of the molecule is CCc1ccccc1N1CC(C(=O)N2CC(C(=O)O)CCC2C)CC1=O. The summed E-state index contributed by atoms with van der Waals surface area (Å²) in [5, 5.41) is 9.28. The molecule has 1 N–H and O–H groups in total.